The van der Waals surface area contributed by atoms with Gasteiger partial charge in [-0.3, -0.25) is 0 Å². The van der Waals surface area contributed by atoms with Gasteiger partial charge in [0.2, 0.25) is 0 Å². The van der Waals surface area contributed by atoms with Crippen LogP contribution in [-0.2, 0) is 5.41 Å². The lowest BCUT2D eigenvalue weighted by Crippen LogP contribution is -2.17. The smallest absolute Gasteiger partial charge is 0.137 e. The Balaban J connectivity index is 1.17. The minimum atomic E-state index is -0.141. The normalized spacial score (nSPS) is 13.1. The molecule has 1 aliphatic carbocycles. The fraction of sp³-hybridized carbons (Fsp3) is 0.0566. The number of anilines is 3. The zero-order valence-electron chi connectivity index (χ0n) is 30.8. The predicted molar refractivity (Wildman–Crippen MR) is 232 cm³/mol. The minimum Gasteiger partial charge on any atom is -0.456 e. The molecule has 1 heterocycles. The average molecular weight is 704 g/mol. The highest BCUT2D eigenvalue weighted by atomic mass is 16.3. The van der Waals surface area contributed by atoms with Gasteiger partial charge in [-0.05, 0) is 115 Å². The van der Waals surface area contributed by atoms with E-state index in [2.05, 4.69) is 201 Å². The summed E-state index contributed by atoms with van der Waals surface area (Å²) in [5, 5.41) is 7.17. The molecule has 0 fully saturated rings. The third kappa shape index (κ3) is 5.02. The van der Waals surface area contributed by atoms with Crippen LogP contribution in [0.15, 0.2) is 192 Å². The molecule has 0 N–H and O–H groups in total. The molecule has 10 aromatic rings. The molecule has 2 heteroatoms. The number of fused-ring (bicyclic) bond motifs is 8. The molecule has 11 rings (SSSR count). The first-order valence-corrected chi connectivity index (χ1v) is 19.1. The number of rotatable bonds is 5. The van der Waals surface area contributed by atoms with E-state index in [4.69, 9.17) is 4.42 Å². The Morgan fingerprint density at radius 2 is 0.964 bits per heavy atom. The highest BCUT2D eigenvalue weighted by molar-refractivity contribution is 6.06. The van der Waals surface area contributed by atoms with Crippen molar-refractivity contribution in [2.24, 2.45) is 0 Å². The topological polar surface area (TPSA) is 16.4 Å². The van der Waals surface area contributed by atoms with E-state index in [1.54, 1.807) is 0 Å². The summed E-state index contributed by atoms with van der Waals surface area (Å²) in [5.74, 6) is 0. The summed E-state index contributed by atoms with van der Waals surface area (Å²) in [5.41, 5.74) is 14.9. The molecule has 0 amide bonds. The van der Waals surface area contributed by atoms with Crippen LogP contribution in [0.2, 0.25) is 0 Å². The van der Waals surface area contributed by atoms with E-state index >= 15 is 0 Å². The van der Waals surface area contributed by atoms with Gasteiger partial charge >= 0.3 is 0 Å². The highest BCUT2D eigenvalue weighted by Gasteiger charge is 2.36. The van der Waals surface area contributed by atoms with E-state index in [1.165, 1.54) is 60.5 Å². The molecule has 2 nitrogen and oxygen atoms in total. The van der Waals surface area contributed by atoms with E-state index in [1.807, 2.05) is 6.07 Å². The molecule has 0 bridgehead atoms. The maximum atomic E-state index is 6.51. The predicted octanol–water partition coefficient (Wildman–Crippen LogP) is 15.0. The van der Waals surface area contributed by atoms with Crippen LogP contribution in [0.1, 0.15) is 25.0 Å². The Kier molecular flexibility index (Phi) is 6.93. The van der Waals surface area contributed by atoms with E-state index in [0.29, 0.717) is 0 Å². The van der Waals surface area contributed by atoms with Crippen LogP contribution in [0, 0.1) is 0 Å². The van der Waals surface area contributed by atoms with Crippen molar-refractivity contribution in [3.05, 3.63) is 199 Å². The van der Waals surface area contributed by atoms with Crippen LogP contribution in [0.5, 0.6) is 0 Å². The molecule has 1 aromatic heterocycles. The number of nitrogens with zero attached hydrogens (tertiary/aromatic N) is 1. The number of benzene rings is 9. The highest BCUT2D eigenvalue weighted by Crippen LogP contribution is 2.52. The number of hydrogen-bond donors (Lipinski definition) is 0. The lowest BCUT2D eigenvalue weighted by atomic mass is 9.82. The first-order chi connectivity index (χ1) is 27.0. The summed E-state index contributed by atoms with van der Waals surface area (Å²) in [7, 11) is 0. The van der Waals surface area contributed by atoms with Gasteiger partial charge in [-0.25, -0.2) is 0 Å². The Morgan fingerprint density at radius 1 is 0.382 bits per heavy atom. The molecule has 0 unspecified atom stereocenters. The van der Waals surface area contributed by atoms with Crippen molar-refractivity contribution >= 4 is 60.5 Å². The molecule has 0 atom stereocenters. The van der Waals surface area contributed by atoms with Crippen molar-refractivity contribution in [3.63, 3.8) is 0 Å². The van der Waals surface area contributed by atoms with Gasteiger partial charge in [0.15, 0.2) is 0 Å². The monoisotopic (exact) mass is 703 g/mol. The Morgan fingerprint density at radius 3 is 1.78 bits per heavy atom. The van der Waals surface area contributed by atoms with Gasteiger partial charge in [-0.1, -0.05) is 141 Å². The molecule has 55 heavy (non-hydrogen) atoms. The molecule has 0 aliphatic heterocycles. The van der Waals surface area contributed by atoms with Crippen LogP contribution in [0.4, 0.5) is 17.1 Å². The molecule has 9 aromatic carbocycles. The average Bonchev–Trinajstić information content (AvgIpc) is 3.72. The molecular formula is C53H37NO. The number of hydrogen-bond acceptors (Lipinski definition) is 2. The zero-order valence-corrected chi connectivity index (χ0v) is 30.8. The lowest BCUT2D eigenvalue weighted by molar-refractivity contribution is 0.660. The first-order valence-electron chi connectivity index (χ1n) is 19.1. The van der Waals surface area contributed by atoms with Crippen molar-refractivity contribution in [1.82, 2.24) is 0 Å². The quantitative estimate of drug-likeness (QED) is 0.177. The molecule has 0 saturated carbocycles. The second-order valence-corrected chi connectivity index (χ2v) is 15.4. The summed E-state index contributed by atoms with van der Waals surface area (Å²) >= 11 is 0. The second-order valence-electron chi connectivity index (χ2n) is 15.4. The number of para-hydroxylation sites is 1. The molecule has 1 aliphatic rings. The molecule has 0 radical (unpaired) electrons. The number of furan rings is 1. The molecule has 0 spiro atoms. The van der Waals surface area contributed by atoms with E-state index < -0.39 is 0 Å². The zero-order chi connectivity index (χ0) is 36.7. The standard InChI is InChI=1S/C53H37NO/c1-53(2)48-17-9-7-15-43(48)44-26-24-41(32-49(44)53)54(42-25-27-46-45-16-8-10-18-51(45)55-52(46)33-42)50-28-23-39(38-21-19-34-11-3-5-13-36(34)29-38)31-47(50)40-22-20-35-12-4-6-14-37(35)30-40/h3-33H,1-2H3. The maximum absolute atomic E-state index is 6.51. The van der Waals surface area contributed by atoms with Crippen molar-refractivity contribution in [3.8, 4) is 33.4 Å². The van der Waals surface area contributed by atoms with E-state index in [9.17, 15) is 0 Å². The van der Waals surface area contributed by atoms with Gasteiger partial charge in [-0.15, -0.1) is 0 Å². The van der Waals surface area contributed by atoms with Crippen molar-refractivity contribution < 1.29 is 4.42 Å². The third-order valence-electron chi connectivity index (χ3n) is 11.8. The summed E-state index contributed by atoms with van der Waals surface area (Å²) < 4.78 is 6.51. The summed E-state index contributed by atoms with van der Waals surface area (Å²) in [6.45, 7) is 4.70. The fourth-order valence-corrected chi connectivity index (χ4v) is 8.98. The van der Waals surface area contributed by atoms with Crippen LogP contribution >= 0.6 is 0 Å². The van der Waals surface area contributed by atoms with Gasteiger partial charge < -0.3 is 9.32 Å². The van der Waals surface area contributed by atoms with Crippen LogP contribution in [0.25, 0.3) is 76.9 Å². The van der Waals surface area contributed by atoms with Gasteiger partial charge in [0, 0.05) is 39.2 Å². The van der Waals surface area contributed by atoms with Gasteiger partial charge in [0.1, 0.15) is 11.2 Å². The van der Waals surface area contributed by atoms with Gasteiger partial charge in [0.25, 0.3) is 0 Å². The summed E-state index contributed by atoms with van der Waals surface area (Å²) in [6, 6.07) is 68.7. The largest absolute Gasteiger partial charge is 0.456 e. The van der Waals surface area contributed by atoms with Gasteiger partial charge in [-0.2, -0.15) is 0 Å². The SMILES string of the molecule is CC1(C)c2ccccc2-c2ccc(N(c3ccc4c(c3)oc3ccccc34)c3ccc(-c4ccc5ccccc5c4)cc3-c3ccc4ccccc4c3)cc21. The minimum absolute atomic E-state index is 0.141. The van der Waals surface area contributed by atoms with Crippen LogP contribution in [0.3, 0.4) is 0 Å². The van der Waals surface area contributed by atoms with Crippen molar-refractivity contribution in [2.75, 3.05) is 4.90 Å². The van der Waals surface area contributed by atoms with E-state index in [0.717, 1.165) is 44.6 Å². The molecular weight excluding hydrogens is 667 g/mol. The fourth-order valence-electron chi connectivity index (χ4n) is 8.98. The third-order valence-corrected chi connectivity index (χ3v) is 11.8. The maximum Gasteiger partial charge on any atom is 0.137 e. The molecule has 260 valence electrons. The lowest BCUT2D eigenvalue weighted by Gasteiger charge is -2.30. The van der Waals surface area contributed by atoms with Crippen molar-refractivity contribution in [1.29, 1.82) is 0 Å². The Hall–Kier alpha value is -6.90. The van der Waals surface area contributed by atoms with Gasteiger partial charge in [0.05, 0.1) is 5.69 Å². The Bertz CT molecular complexity index is 3150. The first kappa shape index (κ1) is 31.6. The van der Waals surface area contributed by atoms with Crippen LogP contribution < -0.4 is 4.90 Å². The summed E-state index contributed by atoms with van der Waals surface area (Å²) in [6.07, 6.45) is 0. The van der Waals surface area contributed by atoms with Crippen molar-refractivity contribution in [2.45, 2.75) is 19.3 Å². The second kappa shape index (κ2) is 12.1. The summed E-state index contributed by atoms with van der Waals surface area (Å²) in [4.78, 5) is 2.43. The van der Waals surface area contributed by atoms with Crippen LogP contribution in [-0.4, -0.2) is 0 Å². The Labute approximate surface area is 320 Å². The van der Waals surface area contributed by atoms with E-state index in [-0.39, 0.29) is 5.41 Å². The molecule has 0 saturated heterocycles.